The summed E-state index contributed by atoms with van der Waals surface area (Å²) in [5.74, 6) is 0. The highest BCUT2D eigenvalue weighted by atomic mass is 15.3. The van der Waals surface area contributed by atoms with Crippen LogP contribution in [0.1, 0.15) is 32.0 Å². The predicted molar refractivity (Wildman–Crippen MR) is 73.3 cm³/mol. The standard InChI is InChI=1S/C14H22N4/c1-14(2,3)15-9-12-5-8-18(10-12)11-13-6-7-17(4)16-13/h5-8,10,15H,9,11H2,1-4H3. The Kier molecular flexibility index (Phi) is 3.57. The molecule has 0 fully saturated rings. The van der Waals surface area contributed by atoms with E-state index in [4.69, 9.17) is 0 Å². The van der Waals surface area contributed by atoms with Gasteiger partial charge < -0.3 is 9.88 Å². The van der Waals surface area contributed by atoms with E-state index in [9.17, 15) is 0 Å². The molecule has 0 unspecified atom stereocenters. The molecule has 0 aliphatic rings. The molecule has 0 saturated heterocycles. The number of hydrogen-bond acceptors (Lipinski definition) is 2. The van der Waals surface area contributed by atoms with E-state index < -0.39 is 0 Å². The predicted octanol–water partition coefficient (Wildman–Crippen LogP) is 2.16. The van der Waals surface area contributed by atoms with Crippen LogP contribution in [0.15, 0.2) is 30.7 Å². The molecule has 4 heteroatoms. The van der Waals surface area contributed by atoms with Crippen molar-refractivity contribution in [1.82, 2.24) is 19.7 Å². The van der Waals surface area contributed by atoms with Crippen LogP contribution in [0, 0.1) is 0 Å². The quantitative estimate of drug-likeness (QED) is 0.897. The van der Waals surface area contributed by atoms with Crippen molar-refractivity contribution in [3.05, 3.63) is 42.0 Å². The third-order valence-electron chi connectivity index (χ3n) is 2.75. The van der Waals surface area contributed by atoms with Crippen molar-refractivity contribution in [3.63, 3.8) is 0 Å². The maximum absolute atomic E-state index is 4.38. The van der Waals surface area contributed by atoms with Crippen molar-refractivity contribution in [2.45, 2.75) is 39.4 Å². The van der Waals surface area contributed by atoms with Gasteiger partial charge in [-0.2, -0.15) is 5.10 Å². The van der Waals surface area contributed by atoms with Gasteiger partial charge >= 0.3 is 0 Å². The van der Waals surface area contributed by atoms with Gasteiger partial charge in [0.1, 0.15) is 0 Å². The molecule has 2 aromatic heterocycles. The molecule has 4 nitrogen and oxygen atoms in total. The third kappa shape index (κ3) is 3.74. The fourth-order valence-corrected chi connectivity index (χ4v) is 1.80. The SMILES string of the molecule is Cn1ccc(Cn2ccc(CNC(C)(C)C)c2)n1. The van der Waals surface area contributed by atoms with Crippen LogP contribution in [0.25, 0.3) is 0 Å². The van der Waals surface area contributed by atoms with Crippen molar-refractivity contribution < 1.29 is 0 Å². The van der Waals surface area contributed by atoms with Crippen LogP contribution < -0.4 is 5.32 Å². The van der Waals surface area contributed by atoms with E-state index in [0.29, 0.717) is 0 Å². The monoisotopic (exact) mass is 246 g/mol. The van der Waals surface area contributed by atoms with Crippen LogP contribution in [-0.4, -0.2) is 19.9 Å². The minimum atomic E-state index is 0.156. The molecule has 0 atom stereocenters. The van der Waals surface area contributed by atoms with E-state index in [1.165, 1.54) is 5.56 Å². The zero-order valence-electron chi connectivity index (χ0n) is 11.6. The van der Waals surface area contributed by atoms with Crippen LogP contribution in [0.3, 0.4) is 0 Å². The first kappa shape index (κ1) is 12.9. The number of aromatic nitrogens is 3. The molecule has 98 valence electrons. The maximum atomic E-state index is 4.38. The smallest absolute Gasteiger partial charge is 0.0821 e. The van der Waals surface area contributed by atoms with E-state index in [1.54, 1.807) is 0 Å². The van der Waals surface area contributed by atoms with Crippen LogP contribution in [0.4, 0.5) is 0 Å². The first-order valence-corrected chi connectivity index (χ1v) is 6.30. The van der Waals surface area contributed by atoms with Crippen LogP contribution in [0.2, 0.25) is 0 Å². The molecule has 2 heterocycles. The fraction of sp³-hybridized carbons (Fsp3) is 0.500. The summed E-state index contributed by atoms with van der Waals surface area (Å²) in [7, 11) is 1.94. The summed E-state index contributed by atoms with van der Waals surface area (Å²) in [4.78, 5) is 0. The van der Waals surface area contributed by atoms with Crippen molar-refractivity contribution in [2.24, 2.45) is 7.05 Å². The van der Waals surface area contributed by atoms with Gasteiger partial charge in [-0.3, -0.25) is 4.68 Å². The Labute approximate surface area is 109 Å². The Balaban J connectivity index is 1.94. The molecular weight excluding hydrogens is 224 g/mol. The molecule has 1 N–H and O–H groups in total. The zero-order chi connectivity index (χ0) is 13.2. The zero-order valence-corrected chi connectivity index (χ0v) is 11.6. The summed E-state index contributed by atoms with van der Waals surface area (Å²) in [5, 5.41) is 7.87. The molecule has 0 aliphatic heterocycles. The van der Waals surface area contributed by atoms with Crippen molar-refractivity contribution in [2.75, 3.05) is 0 Å². The van der Waals surface area contributed by atoms with Gasteiger partial charge in [0.2, 0.25) is 0 Å². The van der Waals surface area contributed by atoms with Crippen molar-refractivity contribution >= 4 is 0 Å². The van der Waals surface area contributed by atoms with Gasteiger partial charge in [0.25, 0.3) is 0 Å². The molecular formula is C14H22N4. The summed E-state index contributed by atoms with van der Waals surface area (Å²) < 4.78 is 4.00. The van der Waals surface area contributed by atoms with E-state index in [0.717, 1.165) is 18.8 Å². The van der Waals surface area contributed by atoms with Gasteiger partial charge in [-0.1, -0.05) is 0 Å². The highest BCUT2D eigenvalue weighted by Crippen LogP contribution is 2.07. The topological polar surface area (TPSA) is 34.8 Å². The molecule has 0 saturated carbocycles. The Morgan fingerprint density at radius 2 is 2.00 bits per heavy atom. The summed E-state index contributed by atoms with van der Waals surface area (Å²) in [5.41, 5.74) is 2.55. The summed E-state index contributed by atoms with van der Waals surface area (Å²) in [6, 6.07) is 4.20. The molecule has 18 heavy (non-hydrogen) atoms. The lowest BCUT2D eigenvalue weighted by atomic mass is 10.1. The molecule has 2 rings (SSSR count). The molecule has 0 radical (unpaired) electrons. The number of aryl methyl sites for hydroxylation is 1. The molecule has 0 aliphatic carbocycles. The van der Waals surface area contributed by atoms with Gasteiger partial charge in [0, 0.05) is 37.7 Å². The fourth-order valence-electron chi connectivity index (χ4n) is 1.80. The Hall–Kier alpha value is -1.55. The first-order chi connectivity index (χ1) is 8.42. The van der Waals surface area contributed by atoms with Gasteiger partial charge in [0.15, 0.2) is 0 Å². The van der Waals surface area contributed by atoms with E-state index in [1.807, 2.05) is 24.0 Å². The maximum Gasteiger partial charge on any atom is 0.0821 e. The average Bonchev–Trinajstić information content (AvgIpc) is 2.85. The molecule has 0 bridgehead atoms. The van der Waals surface area contributed by atoms with E-state index >= 15 is 0 Å². The lowest BCUT2D eigenvalue weighted by Crippen LogP contribution is -2.34. The average molecular weight is 246 g/mol. The van der Waals surface area contributed by atoms with Crippen LogP contribution >= 0.6 is 0 Å². The van der Waals surface area contributed by atoms with E-state index in [2.05, 4.69) is 54.2 Å². The Bertz CT molecular complexity index is 502. The minimum absolute atomic E-state index is 0.156. The lowest BCUT2D eigenvalue weighted by molar-refractivity contribution is 0.424. The van der Waals surface area contributed by atoms with E-state index in [-0.39, 0.29) is 5.54 Å². The van der Waals surface area contributed by atoms with Gasteiger partial charge in [0.05, 0.1) is 12.2 Å². The highest BCUT2D eigenvalue weighted by molar-refractivity contribution is 5.12. The molecule has 2 aromatic rings. The van der Waals surface area contributed by atoms with Crippen LogP contribution in [-0.2, 0) is 20.1 Å². The second-order valence-electron chi connectivity index (χ2n) is 5.78. The summed E-state index contributed by atoms with van der Waals surface area (Å²) in [6.07, 6.45) is 6.25. The minimum Gasteiger partial charge on any atom is -0.348 e. The second kappa shape index (κ2) is 4.98. The van der Waals surface area contributed by atoms with Gasteiger partial charge in [-0.25, -0.2) is 0 Å². The lowest BCUT2D eigenvalue weighted by Gasteiger charge is -2.19. The van der Waals surface area contributed by atoms with Crippen molar-refractivity contribution in [3.8, 4) is 0 Å². The van der Waals surface area contributed by atoms with Crippen LogP contribution in [0.5, 0.6) is 0 Å². The Morgan fingerprint density at radius 1 is 1.22 bits per heavy atom. The Morgan fingerprint density at radius 3 is 2.61 bits per heavy atom. The molecule has 0 amide bonds. The number of nitrogens with one attached hydrogen (secondary N) is 1. The number of rotatable bonds is 4. The normalized spacial score (nSPS) is 12.0. The third-order valence-corrected chi connectivity index (χ3v) is 2.75. The summed E-state index contributed by atoms with van der Waals surface area (Å²) >= 11 is 0. The first-order valence-electron chi connectivity index (χ1n) is 6.30. The molecule has 0 aromatic carbocycles. The summed E-state index contributed by atoms with van der Waals surface area (Å²) in [6.45, 7) is 8.27. The second-order valence-corrected chi connectivity index (χ2v) is 5.78. The van der Waals surface area contributed by atoms with Crippen molar-refractivity contribution in [1.29, 1.82) is 0 Å². The number of hydrogen-bond donors (Lipinski definition) is 1. The van der Waals surface area contributed by atoms with Gasteiger partial charge in [-0.15, -0.1) is 0 Å². The largest absolute Gasteiger partial charge is 0.348 e. The highest BCUT2D eigenvalue weighted by Gasteiger charge is 2.08. The van der Waals surface area contributed by atoms with Gasteiger partial charge in [-0.05, 0) is 38.5 Å². The molecule has 0 spiro atoms. The number of nitrogens with zero attached hydrogens (tertiary/aromatic N) is 3.